The highest BCUT2D eigenvalue weighted by Crippen LogP contribution is 2.26. The van der Waals surface area contributed by atoms with Gasteiger partial charge in [-0.1, -0.05) is 30.8 Å². The van der Waals surface area contributed by atoms with Gasteiger partial charge in [-0.3, -0.25) is 0 Å². The fourth-order valence-corrected chi connectivity index (χ4v) is 2.66. The van der Waals surface area contributed by atoms with Crippen LogP contribution in [-0.4, -0.2) is 23.1 Å². The fraction of sp³-hybridized carbons (Fsp3) is 0.917. The SMILES string of the molecule is ON=C1CCCCC1OC1CCCCC1. The standard InChI is InChI=1S/C12H21NO2/c14-13-11-8-4-5-9-12(11)15-10-6-2-1-3-7-10/h10,12,14H,1-9H2. The molecule has 2 rings (SSSR count). The molecule has 0 aromatic heterocycles. The van der Waals surface area contributed by atoms with Crippen LogP contribution in [0.2, 0.25) is 0 Å². The van der Waals surface area contributed by atoms with Gasteiger partial charge in [0.15, 0.2) is 0 Å². The minimum absolute atomic E-state index is 0.104. The maximum atomic E-state index is 8.90. The summed E-state index contributed by atoms with van der Waals surface area (Å²) in [6, 6.07) is 0. The lowest BCUT2D eigenvalue weighted by Gasteiger charge is -2.30. The average molecular weight is 211 g/mol. The molecule has 2 aliphatic rings. The summed E-state index contributed by atoms with van der Waals surface area (Å²) in [5, 5.41) is 12.3. The zero-order valence-electron chi connectivity index (χ0n) is 9.32. The summed E-state index contributed by atoms with van der Waals surface area (Å²) in [6.07, 6.45) is 11.1. The molecule has 3 nitrogen and oxygen atoms in total. The summed E-state index contributed by atoms with van der Waals surface area (Å²) >= 11 is 0. The Morgan fingerprint density at radius 2 is 1.73 bits per heavy atom. The minimum Gasteiger partial charge on any atom is -0.411 e. The average Bonchev–Trinajstić information content (AvgIpc) is 2.31. The normalized spacial score (nSPS) is 32.0. The van der Waals surface area contributed by atoms with E-state index in [-0.39, 0.29) is 6.10 Å². The second-order valence-corrected chi connectivity index (χ2v) is 4.72. The molecule has 0 aliphatic heterocycles. The molecule has 1 atom stereocenters. The summed E-state index contributed by atoms with van der Waals surface area (Å²) in [4.78, 5) is 0. The monoisotopic (exact) mass is 211 g/mol. The highest BCUT2D eigenvalue weighted by Gasteiger charge is 2.25. The van der Waals surface area contributed by atoms with Crippen molar-refractivity contribution in [3.05, 3.63) is 0 Å². The van der Waals surface area contributed by atoms with Gasteiger partial charge in [-0.25, -0.2) is 0 Å². The van der Waals surface area contributed by atoms with Crippen molar-refractivity contribution in [1.29, 1.82) is 0 Å². The Morgan fingerprint density at radius 1 is 1.00 bits per heavy atom. The Morgan fingerprint density at radius 3 is 2.47 bits per heavy atom. The lowest BCUT2D eigenvalue weighted by atomic mass is 9.93. The van der Waals surface area contributed by atoms with Crippen LogP contribution < -0.4 is 0 Å². The molecular weight excluding hydrogens is 190 g/mol. The largest absolute Gasteiger partial charge is 0.411 e. The van der Waals surface area contributed by atoms with Crippen LogP contribution in [0.5, 0.6) is 0 Å². The highest BCUT2D eigenvalue weighted by molar-refractivity contribution is 5.88. The van der Waals surface area contributed by atoms with E-state index in [4.69, 9.17) is 9.94 Å². The van der Waals surface area contributed by atoms with Crippen molar-refractivity contribution in [3.8, 4) is 0 Å². The van der Waals surface area contributed by atoms with Crippen LogP contribution >= 0.6 is 0 Å². The van der Waals surface area contributed by atoms with Gasteiger partial charge in [-0.2, -0.15) is 0 Å². The van der Waals surface area contributed by atoms with Gasteiger partial charge in [0, 0.05) is 0 Å². The zero-order valence-corrected chi connectivity index (χ0v) is 9.32. The first-order valence-corrected chi connectivity index (χ1v) is 6.26. The van der Waals surface area contributed by atoms with Crippen molar-refractivity contribution >= 4 is 5.71 Å². The minimum atomic E-state index is 0.104. The second kappa shape index (κ2) is 5.50. The molecule has 2 aliphatic carbocycles. The molecule has 3 heteroatoms. The van der Waals surface area contributed by atoms with E-state index in [2.05, 4.69) is 5.16 Å². The molecule has 0 saturated heterocycles. The van der Waals surface area contributed by atoms with Crippen LogP contribution in [-0.2, 0) is 4.74 Å². The van der Waals surface area contributed by atoms with Crippen molar-refractivity contribution in [2.24, 2.45) is 5.16 Å². The van der Waals surface area contributed by atoms with Gasteiger partial charge in [-0.05, 0) is 32.1 Å². The second-order valence-electron chi connectivity index (χ2n) is 4.72. The van der Waals surface area contributed by atoms with Gasteiger partial charge in [0.05, 0.1) is 17.9 Å². The zero-order chi connectivity index (χ0) is 10.5. The van der Waals surface area contributed by atoms with Crippen LogP contribution in [0.15, 0.2) is 5.16 Å². The molecule has 2 saturated carbocycles. The number of hydrogen-bond acceptors (Lipinski definition) is 3. The van der Waals surface area contributed by atoms with Crippen molar-refractivity contribution in [1.82, 2.24) is 0 Å². The molecule has 0 heterocycles. The summed E-state index contributed by atoms with van der Waals surface area (Å²) in [6.45, 7) is 0. The Balaban J connectivity index is 1.85. The third kappa shape index (κ3) is 2.94. The maximum Gasteiger partial charge on any atom is 0.0992 e. The Kier molecular flexibility index (Phi) is 4.01. The lowest BCUT2D eigenvalue weighted by molar-refractivity contribution is -0.00706. The van der Waals surface area contributed by atoms with Crippen molar-refractivity contribution < 1.29 is 9.94 Å². The summed E-state index contributed by atoms with van der Waals surface area (Å²) in [5.74, 6) is 0. The molecule has 2 fully saturated rings. The lowest BCUT2D eigenvalue weighted by Crippen LogP contribution is -2.33. The molecule has 0 spiro atoms. The Hall–Kier alpha value is -0.570. The predicted octanol–water partition coefficient (Wildman–Crippen LogP) is 3.11. The van der Waals surface area contributed by atoms with Crippen LogP contribution in [0.3, 0.4) is 0 Å². The molecule has 86 valence electrons. The molecule has 1 N–H and O–H groups in total. The van der Waals surface area contributed by atoms with Gasteiger partial charge in [0.2, 0.25) is 0 Å². The van der Waals surface area contributed by atoms with Gasteiger partial charge in [-0.15, -0.1) is 0 Å². The number of ether oxygens (including phenoxy) is 1. The first-order chi connectivity index (χ1) is 7.40. The molecule has 1 unspecified atom stereocenters. The third-order valence-electron chi connectivity index (χ3n) is 3.56. The summed E-state index contributed by atoms with van der Waals surface area (Å²) in [7, 11) is 0. The molecule has 0 aromatic carbocycles. The van der Waals surface area contributed by atoms with Crippen LogP contribution in [0.4, 0.5) is 0 Å². The Labute approximate surface area is 91.5 Å². The van der Waals surface area contributed by atoms with Crippen molar-refractivity contribution in [3.63, 3.8) is 0 Å². The topological polar surface area (TPSA) is 41.8 Å². The van der Waals surface area contributed by atoms with E-state index < -0.39 is 0 Å². The number of nitrogens with zero attached hydrogens (tertiary/aromatic N) is 1. The van der Waals surface area contributed by atoms with E-state index in [1.54, 1.807) is 0 Å². The highest BCUT2D eigenvalue weighted by atomic mass is 16.5. The molecule has 0 bridgehead atoms. The van der Waals surface area contributed by atoms with Crippen LogP contribution in [0.1, 0.15) is 57.8 Å². The van der Waals surface area contributed by atoms with E-state index in [1.807, 2.05) is 0 Å². The van der Waals surface area contributed by atoms with E-state index in [1.165, 1.54) is 38.5 Å². The smallest absolute Gasteiger partial charge is 0.0992 e. The fourth-order valence-electron chi connectivity index (χ4n) is 2.66. The molecule has 0 radical (unpaired) electrons. The van der Waals surface area contributed by atoms with Gasteiger partial charge in [0.1, 0.15) is 0 Å². The van der Waals surface area contributed by atoms with Gasteiger partial charge in [0.25, 0.3) is 0 Å². The number of oxime groups is 1. The quantitative estimate of drug-likeness (QED) is 0.563. The van der Waals surface area contributed by atoms with E-state index in [0.29, 0.717) is 6.10 Å². The van der Waals surface area contributed by atoms with Crippen LogP contribution in [0, 0.1) is 0 Å². The number of rotatable bonds is 2. The summed E-state index contributed by atoms with van der Waals surface area (Å²) < 4.78 is 6.04. The Bertz CT molecular complexity index is 222. The molecular formula is C12H21NO2. The number of hydrogen-bond donors (Lipinski definition) is 1. The molecule has 15 heavy (non-hydrogen) atoms. The van der Waals surface area contributed by atoms with E-state index in [0.717, 1.165) is 25.0 Å². The van der Waals surface area contributed by atoms with E-state index >= 15 is 0 Å². The summed E-state index contributed by atoms with van der Waals surface area (Å²) in [5.41, 5.74) is 0.867. The van der Waals surface area contributed by atoms with Crippen molar-refractivity contribution in [2.75, 3.05) is 0 Å². The first-order valence-electron chi connectivity index (χ1n) is 6.26. The van der Waals surface area contributed by atoms with Gasteiger partial charge < -0.3 is 9.94 Å². The van der Waals surface area contributed by atoms with Crippen LogP contribution in [0.25, 0.3) is 0 Å². The van der Waals surface area contributed by atoms with Gasteiger partial charge >= 0.3 is 0 Å². The maximum absolute atomic E-state index is 8.90. The predicted molar refractivity (Wildman–Crippen MR) is 59.4 cm³/mol. The molecule has 0 amide bonds. The first kappa shape index (κ1) is 10.9. The van der Waals surface area contributed by atoms with E-state index in [9.17, 15) is 0 Å². The third-order valence-corrected chi connectivity index (χ3v) is 3.56. The molecule has 0 aromatic rings. The van der Waals surface area contributed by atoms with Crippen molar-refractivity contribution in [2.45, 2.75) is 70.0 Å².